The smallest absolute Gasteiger partial charge is 0.272 e. The lowest BCUT2D eigenvalue weighted by atomic mass is 10.1. The van der Waals surface area contributed by atoms with Crippen LogP contribution in [0.3, 0.4) is 0 Å². The van der Waals surface area contributed by atoms with Crippen molar-refractivity contribution in [3.05, 3.63) is 75.4 Å². The van der Waals surface area contributed by atoms with Crippen LogP contribution in [0.2, 0.25) is 10.0 Å². The van der Waals surface area contributed by atoms with Gasteiger partial charge in [-0.3, -0.25) is 9.89 Å². The zero-order valence-corrected chi connectivity index (χ0v) is 15.7. The first-order valence-corrected chi connectivity index (χ1v) is 8.62. The monoisotopic (exact) mass is 386 g/mol. The number of benzene rings is 2. The van der Waals surface area contributed by atoms with E-state index in [0.717, 1.165) is 16.7 Å². The summed E-state index contributed by atoms with van der Waals surface area (Å²) in [6, 6.07) is 14.7. The van der Waals surface area contributed by atoms with Crippen LogP contribution in [-0.4, -0.2) is 21.8 Å². The fourth-order valence-electron chi connectivity index (χ4n) is 2.30. The highest BCUT2D eigenvalue weighted by molar-refractivity contribution is 6.42. The summed E-state index contributed by atoms with van der Waals surface area (Å²) in [6.45, 7) is 3.85. The van der Waals surface area contributed by atoms with Crippen LogP contribution in [0.25, 0.3) is 11.3 Å². The van der Waals surface area contributed by atoms with E-state index in [-0.39, 0.29) is 5.91 Å². The molecule has 0 aliphatic heterocycles. The Morgan fingerprint density at radius 1 is 1.08 bits per heavy atom. The lowest BCUT2D eigenvalue weighted by Gasteiger charge is -2.02. The predicted octanol–water partition coefficient (Wildman–Crippen LogP) is 4.85. The average molecular weight is 387 g/mol. The van der Waals surface area contributed by atoms with Gasteiger partial charge in [-0.15, -0.1) is 0 Å². The van der Waals surface area contributed by atoms with Crippen molar-refractivity contribution in [2.24, 2.45) is 5.10 Å². The predicted molar refractivity (Wildman–Crippen MR) is 105 cm³/mol. The van der Waals surface area contributed by atoms with Crippen LogP contribution in [-0.2, 0) is 0 Å². The first-order valence-electron chi connectivity index (χ1n) is 7.86. The van der Waals surface area contributed by atoms with Gasteiger partial charge in [0.25, 0.3) is 5.91 Å². The highest BCUT2D eigenvalue weighted by Crippen LogP contribution is 2.27. The van der Waals surface area contributed by atoms with Gasteiger partial charge in [-0.25, -0.2) is 5.43 Å². The summed E-state index contributed by atoms with van der Waals surface area (Å²) in [7, 11) is 0. The molecule has 0 radical (unpaired) electrons. The van der Waals surface area contributed by atoms with Gasteiger partial charge in [0.05, 0.1) is 21.5 Å². The normalized spacial score (nSPS) is 11.5. The van der Waals surface area contributed by atoms with E-state index >= 15 is 0 Å². The van der Waals surface area contributed by atoms with E-state index in [1.54, 1.807) is 24.3 Å². The van der Waals surface area contributed by atoms with Crippen LogP contribution in [0, 0.1) is 6.92 Å². The van der Waals surface area contributed by atoms with Gasteiger partial charge in [-0.05, 0) is 37.6 Å². The number of rotatable bonds is 4. The van der Waals surface area contributed by atoms with Crippen molar-refractivity contribution in [1.82, 2.24) is 15.6 Å². The number of aryl methyl sites for hydroxylation is 1. The molecule has 5 nitrogen and oxygen atoms in total. The summed E-state index contributed by atoms with van der Waals surface area (Å²) in [5.74, 6) is -0.379. The van der Waals surface area contributed by atoms with Crippen molar-refractivity contribution < 1.29 is 4.79 Å². The van der Waals surface area contributed by atoms with Gasteiger partial charge in [-0.1, -0.05) is 59.1 Å². The van der Waals surface area contributed by atoms with Gasteiger partial charge in [0.2, 0.25) is 0 Å². The van der Waals surface area contributed by atoms with Crippen molar-refractivity contribution in [2.45, 2.75) is 13.8 Å². The highest BCUT2D eigenvalue weighted by atomic mass is 35.5. The Kier molecular flexibility index (Phi) is 5.40. The minimum Gasteiger partial charge on any atom is -0.272 e. The lowest BCUT2D eigenvalue weighted by molar-refractivity contribution is 0.0950. The number of hydrazone groups is 1. The molecule has 1 heterocycles. The number of nitrogens with one attached hydrogen (secondary N) is 2. The number of nitrogens with zero attached hydrogens (tertiary/aromatic N) is 2. The van der Waals surface area contributed by atoms with Crippen LogP contribution in [0.15, 0.2) is 53.6 Å². The van der Waals surface area contributed by atoms with Crippen molar-refractivity contribution >= 4 is 34.8 Å². The number of hydrogen-bond acceptors (Lipinski definition) is 3. The Morgan fingerprint density at radius 3 is 2.50 bits per heavy atom. The third-order valence-electron chi connectivity index (χ3n) is 3.83. The maximum Gasteiger partial charge on any atom is 0.289 e. The van der Waals surface area contributed by atoms with E-state index in [2.05, 4.69) is 20.7 Å². The Labute approximate surface area is 161 Å². The molecule has 7 heteroatoms. The molecule has 2 N–H and O–H groups in total. The molecule has 0 spiro atoms. The van der Waals surface area contributed by atoms with Crippen LogP contribution in [0.5, 0.6) is 0 Å². The van der Waals surface area contributed by atoms with Crippen molar-refractivity contribution in [3.8, 4) is 11.3 Å². The van der Waals surface area contributed by atoms with Crippen LogP contribution in [0.4, 0.5) is 0 Å². The molecule has 3 aromatic rings. The average Bonchev–Trinajstić information content (AvgIpc) is 3.12. The first-order chi connectivity index (χ1) is 12.4. The highest BCUT2D eigenvalue weighted by Gasteiger charge is 2.12. The molecule has 1 amide bonds. The summed E-state index contributed by atoms with van der Waals surface area (Å²) < 4.78 is 0. The summed E-state index contributed by atoms with van der Waals surface area (Å²) in [4.78, 5) is 12.3. The Bertz CT molecular complexity index is 977. The molecule has 2 aromatic carbocycles. The van der Waals surface area contributed by atoms with Crippen molar-refractivity contribution in [2.75, 3.05) is 0 Å². The summed E-state index contributed by atoms with van der Waals surface area (Å²) in [6.07, 6.45) is 0. The minimum atomic E-state index is -0.379. The van der Waals surface area contributed by atoms with Gasteiger partial charge in [0.15, 0.2) is 0 Å². The number of aromatic amines is 1. The zero-order chi connectivity index (χ0) is 18.7. The fourth-order valence-corrected chi connectivity index (χ4v) is 2.59. The molecule has 0 aliphatic carbocycles. The summed E-state index contributed by atoms with van der Waals surface area (Å²) in [5.41, 5.74) is 6.99. The molecule has 0 aliphatic rings. The molecular weight excluding hydrogens is 371 g/mol. The summed E-state index contributed by atoms with van der Waals surface area (Å²) in [5, 5.41) is 11.9. The Morgan fingerprint density at radius 2 is 1.81 bits per heavy atom. The Hall–Kier alpha value is -2.63. The van der Waals surface area contributed by atoms with Crippen LogP contribution in [0.1, 0.15) is 28.5 Å². The number of hydrogen-bond donors (Lipinski definition) is 2. The van der Waals surface area contributed by atoms with E-state index in [0.29, 0.717) is 27.1 Å². The molecule has 1 aromatic heterocycles. The number of halogens is 2. The Balaban J connectivity index is 1.72. The second-order valence-electron chi connectivity index (χ2n) is 5.80. The van der Waals surface area contributed by atoms with Crippen LogP contribution >= 0.6 is 23.2 Å². The largest absolute Gasteiger partial charge is 0.289 e. The number of amides is 1. The van der Waals surface area contributed by atoms with Gasteiger partial charge >= 0.3 is 0 Å². The molecule has 0 saturated heterocycles. The van der Waals surface area contributed by atoms with E-state index in [9.17, 15) is 4.79 Å². The third-order valence-corrected chi connectivity index (χ3v) is 4.57. The topological polar surface area (TPSA) is 70.1 Å². The van der Waals surface area contributed by atoms with E-state index < -0.39 is 0 Å². The first kappa shape index (κ1) is 18.2. The van der Waals surface area contributed by atoms with E-state index in [1.807, 2.05) is 38.1 Å². The van der Waals surface area contributed by atoms with Crippen molar-refractivity contribution in [1.29, 1.82) is 0 Å². The minimum absolute atomic E-state index is 0.298. The van der Waals surface area contributed by atoms with E-state index in [1.165, 1.54) is 0 Å². The SMILES string of the molecule is C/C(=N\NC(=O)c1cc(-c2ccc(Cl)c(Cl)c2)n[nH]1)c1ccc(C)cc1. The van der Waals surface area contributed by atoms with Crippen molar-refractivity contribution in [3.63, 3.8) is 0 Å². The molecule has 3 rings (SSSR count). The maximum absolute atomic E-state index is 12.3. The molecular formula is C19H16Cl2N4O. The molecule has 0 atom stereocenters. The second-order valence-corrected chi connectivity index (χ2v) is 6.61. The van der Waals surface area contributed by atoms with E-state index in [4.69, 9.17) is 23.2 Å². The molecule has 26 heavy (non-hydrogen) atoms. The zero-order valence-electron chi connectivity index (χ0n) is 14.2. The van der Waals surface area contributed by atoms with Gasteiger partial charge in [0.1, 0.15) is 5.69 Å². The number of carbonyl (C=O) groups is 1. The van der Waals surface area contributed by atoms with Gasteiger partial charge < -0.3 is 0 Å². The molecule has 132 valence electrons. The molecule has 0 unspecified atom stereocenters. The number of aromatic nitrogens is 2. The number of carbonyl (C=O) groups excluding carboxylic acids is 1. The molecule has 0 fully saturated rings. The molecule has 0 bridgehead atoms. The quantitative estimate of drug-likeness (QED) is 0.497. The standard InChI is InChI=1S/C19H16Cl2N4O/c1-11-3-5-13(6-4-11)12(2)22-25-19(26)18-10-17(23-24-18)14-7-8-15(20)16(21)9-14/h3-10H,1-2H3,(H,23,24)(H,25,26)/b22-12+. The fraction of sp³-hybridized carbons (Fsp3) is 0.105. The molecule has 0 saturated carbocycles. The maximum atomic E-state index is 12.3. The van der Waals surface area contributed by atoms with Gasteiger partial charge in [0, 0.05) is 5.56 Å². The van der Waals surface area contributed by atoms with Crippen LogP contribution < -0.4 is 5.43 Å². The van der Waals surface area contributed by atoms with Gasteiger partial charge in [-0.2, -0.15) is 10.2 Å². The third kappa shape index (κ3) is 4.12. The number of H-pyrrole nitrogens is 1. The second kappa shape index (κ2) is 7.72. The summed E-state index contributed by atoms with van der Waals surface area (Å²) >= 11 is 11.9. The lowest BCUT2D eigenvalue weighted by Crippen LogP contribution is -2.19.